The summed E-state index contributed by atoms with van der Waals surface area (Å²) >= 11 is 0. The van der Waals surface area contributed by atoms with Crippen LogP contribution < -0.4 is 4.90 Å². The number of unbranched alkanes of at least 4 members (excludes halogenated alkanes) is 2. The predicted octanol–water partition coefficient (Wildman–Crippen LogP) is 10.6. The smallest absolute Gasteiger partial charge is 0.266 e. The highest BCUT2D eigenvalue weighted by Gasteiger charge is 2.37. The van der Waals surface area contributed by atoms with Crippen molar-refractivity contribution < 1.29 is 19.2 Å². The zero-order valence-electron chi connectivity index (χ0n) is 32.1. The van der Waals surface area contributed by atoms with Crippen LogP contribution >= 0.6 is 0 Å². The van der Waals surface area contributed by atoms with E-state index in [0.29, 0.717) is 34.4 Å². The first-order chi connectivity index (χ1) is 27.7. The van der Waals surface area contributed by atoms with Crippen molar-refractivity contribution in [3.05, 3.63) is 195 Å². The van der Waals surface area contributed by atoms with Crippen molar-refractivity contribution in [2.45, 2.75) is 51.9 Å². The molecule has 0 aliphatic carbocycles. The van der Waals surface area contributed by atoms with Gasteiger partial charge in [0.05, 0.1) is 39.3 Å². The number of nitrogens with zero attached hydrogens (tertiary/aromatic N) is 4. The molecule has 6 aromatic carbocycles. The maximum Gasteiger partial charge on any atom is 0.266 e. The van der Waals surface area contributed by atoms with E-state index >= 15 is 0 Å². The van der Waals surface area contributed by atoms with Gasteiger partial charge < -0.3 is 0 Å². The van der Waals surface area contributed by atoms with E-state index in [1.165, 1.54) is 28.6 Å². The number of azo groups is 1. The van der Waals surface area contributed by atoms with E-state index in [9.17, 15) is 19.2 Å². The first-order valence-corrected chi connectivity index (χ1v) is 19.4. The number of anilines is 1. The van der Waals surface area contributed by atoms with Gasteiger partial charge in [-0.2, -0.15) is 10.2 Å². The molecule has 0 N–H and O–H groups in total. The number of rotatable bonds is 13. The van der Waals surface area contributed by atoms with Crippen LogP contribution in [0.1, 0.15) is 99.6 Å². The Morgan fingerprint density at radius 2 is 0.807 bits per heavy atom. The molecule has 0 fully saturated rings. The maximum absolute atomic E-state index is 13.5. The molecule has 6 aromatic rings. The number of hydrogen-bond donors (Lipinski definition) is 0. The van der Waals surface area contributed by atoms with E-state index in [2.05, 4.69) is 53.6 Å². The van der Waals surface area contributed by atoms with Crippen LogP contribution in [-0.4, -0.2) is 35.6 Å². The van der Waals surface area contributed by atoms with E-state index in [4.69, 9.17) is 0 Å². The summed E-state index contributed by atoms with van der Waals surface area (Å²) in [7, 11) is 1.51. The van der Waals surface area contributed by atoms with Crippen molar-refractivity contribution in [3.63, 3.8) is 0 Å². The van der Waals surface area contributed by atoms with Gasteiger partial charge in [-0.15, -0.1) is 0 Å². The minimum Gasteiger partial charge on any atom is -0.277 e. The molecular formula is C49H42N4O4. The highest BCUT2D eigenvalue weighted by molar-refractivity contribution is 6.34. The lowest BCUT2D eigenvalue weighted by molar-refractivity contribution is 0.0692. The molecule has 8 rings (SSSR count). The van der Waals surface area contributed by atoms with E-state index in [1.807, 2.05) is 84.9 Å². The van der Waals surface area contributed by atoms with E-state index in [0.717, 1.165) is 77.1 Å². The SMILES string of the molecule is Cc1ccc(Cc2ccc(N=Nc3ccc(Cc4ccc(N5C(=O)c6ccc(CCCCCc7ccc8c(c7)C(=O)N(C)C8=O)cc6C5=O)cc4)cc3)cc2)cc1. The summed E-state index contributed by atoms with van der Waals surface area (Å²) < 4.78 is 0. The summed E-state index contributed by atoms with van der Waals surface area (Å²) in [6.45, 7) is 2.09. The number of imide groups is 2. The monoisotopic (exact) mass is 750 g/mol. The Balaban J connectivity index is 0.813. The van der Waals surface area contributed by atoms with Gasteiger partial charge in [0, 0.05) is 7.05 Å². The molecule has 0 saturated carbocycles. The van der Waals surface area contributed by atoms with Crippen LogP contribution in [0.5, 0.6) is 0 Å². The van der Waals surface area contributed by atoms with Crippen LogP contribution in [0.15, 0.2) is 144 Å². The van der Waals surface area contributed by atoms with Crippen molar-refractivity contribution in [1.29, 1.82) is 0 Å². The first-order valence-electron chi connectivity index (χ1n) is 19.4. The molecular weight excluding hydrogens is 709 g/mol. The normalized spacial score (nSPS) is 13.6. The maximum atomic E-state index is 13.5. The second-order valence-electron chi connectivity index (χ2n) is 15.0. The van der Waals surface area contributed by atoms with E-state index < -0.39 is 0 Å². The summed E-state index contributed by atoms with van der Waals surface area (Å²) in [5.41, 5.74) is 11.9. The molecule has 4 amide bonds. The topological polar surface area (TPSA) is 99.5 Å². The van der Waals surface area contributed by atoms with Crippen LogP contribution in [0.3, 0.4) is 0 Å². The van der Waals surface area contributed by atoms with Crippen LogP contribution in [0, 0.1) is 6.92 Å². The average Bonchev–Trinajstić information content (AvgIpc) is 3.61. The zero-order chi connectivity index (χ0) is 39.5. The number of fused-ring (bicyclic) bond motifs is 2. The minimum absolute atomic E-state index is 0.248. The molecule has 2 aliphatic heterocycles. The third-order valence-corrected chi connectivity index (χ3v) is 10.8. The van der Waals surface area contributed by atoms with Crippen molar-refractivity contribution in [2.75, 3.05) is 11.9 Å². The van der Waals surface area contributed by atoms with Crippen LogP contribution in [0.2, 0.25) is 0 Å². The Bertz CT molecular complexity index is 2520. The summed E-state index contributed by atoms with van der Waals surface area (Å²) in [5.74, 6) is -1.11. The summed E-state index contributed by atoms with van der Waals surface area (Å²) in [5, 5.41) is 8.85. The fraction of sp³-hybridized carbons (Fsp3) is 0.184. The van der Waals surface area contributed by atoms with Crippen LogP contribution in [0.4, 0.5) is 17.1 Å². The Morgan fingerprint density at radius 3 is 1.32 bits per heavy atom. The largest absolute Gasteiger partial charge is 0.277 e. The summed E-state index contributed by atoms with van der Waals surface area (Å²) in [6, 6.07) is 43.4. The molecule has 0 spiro atoms. The third kappa shape index (κ3) is 8.12. The molecule has 282 valence electrons. The summed E-state index contributed by atoms with van der Waals surface area (Å²) in [4.78, 5) is 53.8. The first kappa shape index (κ1) is 37.1. The molecule has 0 bridgehead atoms. The highest BCUT2D eigenvalue weighted by Crippen LogP contribution is 2.31. The quantitative estimate of drug-likeness (QED) is 0.0666. The zero-order valence-corrected chi connectivity index (χ0v) is 32.1. The summed E-state index contributed by atoms with van der Waals surface area (Å²) in [6.07, 6.45) is 6.00. The molecule has 2 heterocycles. The lowest BCUT2D eigenvalue weighted by Gasteiger charge is -2.14. The second-order valence-corrected chi connectivity index (χ2v) is 15.0. The van der Waals surface area contributed by atoms with Gasteiger partial charge in [0.2, 0.25) is 0 Å². The lowest BCUT2D eigenvalue weighted by Crippen LogP contribution is -2.29. The number of hydrogen-bond acceptors (Lipinski definition) is 6. The van der Waals surface area contributed by atoms with Gasteiger partial charge in [0.1, 0.15) is 0 Å². The average molecular weight is 751 g/mol. The van der Waals surface area contributed by atoms with Gasteiger partial charge in [-0.25, -0.2) is 4.90 Å². The molecule has 2 aliphatic rings. The van der Waals surface area contributed by atoms with E-state index in [-0.39, 0.29) is 23.6 Å². The molecule has 8 nitrogen and oxygen atoms in total. The number of carbonyl (C=O) groups is 4. The Morgan fingerprint density at radius 1 is 0.421 bits per heavy atom. The van der Waals surface area contributed by atoms with Crippen molar-refractivity contribution >= 4 is 40.7 Å². The van der Waals surface area contributed by atoms with Crippen molar-refractivity contribution in [2.24, 2.45) is 10.2 Å². The minimum atomic E-state index is -0.307. The molecule has 0 radical (unpaired) electrons. The highest BCUT2D eigenvalue weighted by atomic mass is 16.2. The molecule has 0 saturated heterocycles. The molecule has 0 aromatic heterocycles. The number of aryl methyl sites for hydroxylation is 3. The lowest BCUT2D eigenvalue weighted by atomic mass is 9.99. The van der Waals surface area contributed by atoms with Crippen LogP contribution in [-0.2, 0) is 25.7 Å². The van der Waals surface area contributed by atoms with Gasteiger partial charge in [-0.1, -0.05) is 84.8 Å². The van der Waals surface area contributed by atoms with Crippen LogP contribution in [0.25, 0.3) is 0 Å². The number of carbonyl (C=O) groups excluding carboxylic acids is 4. The van der Waals surface area contributed by atoms with Gasteiger partial charge >= 0.3 is 0 Å². The van der Waals surface area contributed by atoms with Gasteiger partial charge in [0.15, 0.2) is 0 Å². The Kier molecular flexibility index (Phi) is 10.5. The number of benzene rings is 6. The van der Waals surface area contributed by atoms with Gasteiger partial charge in [-0.05, 0) is 139 Å². The standard InChI is InChI=1S/C49H42N4O4/c1-32-8-10-35(11-9-32)28-36-12-20-39(21-13-36)50-51-40-22-14-37(15-23-40)29-38-16-24-41(25-17-38)53-48(56)43-27-19-34(31-45(43)49(53)57)7-5-3-4-6-33-18-26-42-44(30-33)47(55)52(2)46(42)54/h8-27,30-31H,3-7,28-29H2,1-2H3. The fourth-order valence-electron chi connectivity index (χ4n) is 7.49. The number of amides is 4. The van der Waals surface area contributed by atoms with Crippen molar-refractivity contribution in [3.8, 4) is 0 Å². The van der Waals surface area contributed by atoms with Crippen molar-refractivity contribution in [1.82, 2.24) is 4.90 Å². The molecule has 0 unspecified atom stereocenters. The predicted molar refractivity (Wildman–Crippen MR) is 222 cm³/mol. The molecule has 0 atom stereocenters. The van der Waals surface area contributed by atoms with E-state index in [1.54, 1.807) is 12.1 Å². The molecule has 57 heavy (non-hydrogen) atoms. The Hall–Kier alpha value is -6.80. The van der Waals surface area contributed by atoms with Gasteiger partial charge in [0.25, 0.3) is 23.6 Å². The fourth-order valence-corrected chi connectivity index (χ4v) is 7.49. The third-order valence-electron chi connectivity index (χ3n) is 10.8. The Labute approximate surface area is 332 Å². The second kappa shape index (κ2) is 16.1. The molecule has 8 heteroatoms. The van der Waals surface area contributed by atoms with Gasteiger partial charge in [-0.3, -0.25) is 24.1 Å².